The Bertz CT molecular complexity index is 388. The fraction of sp³-hybridized carbons (Fsp3) is 0.538. The van der Waals surface area contributed by atoms with Gasteiger partial charge in [-0.15, -0.1) is 0 Å². The van der Waals surface area contributed by atoms with Crippen molar-refractivity contribution in [1.82, 2.24) is 4.90 Å². The average molecular weight is 272 g/mol. The van der Waals surface area contributed by atoms with Crippen molar-refractivity contribution in [1.29, 1.82) is 0 Å². The van der Waals surface area contributed by atoms with Gasteiger partial charge in [-0.2, -0.15) is 0 Å². The highest BCUT2D eigenvalue weighted by atomic mass is 19.3. The number of carbonyl (C=O) groups excluding carboxylic acids is 1. The van der Waals surface area contributed by atoms with Crippen molar-refractivity contribution in [3.63, 3.8) is 0 Å². The molecule has 0 unspecified atom stereocenters. The van der Waals surface area contributed by atoms with Crippen LogP contribution in [0.25, 0.3) is 0 Å². The highest BCUT2D eigenvalue weighted by Gasteiger charge is 2.29. The van der Waals surface area contributed by atoms with Crippen LogP contribution in [0.15, 0.2) is 29.0 Å². The Morgan fingerprint density at radius 2 is 2.21 bits per heavy atom. The average Bonchev–Trinajstić information content (AvgIpc) is 2.29. The van der Waals surface area contributed by atoms with Crippen LogP contribution in [0, 0.1) is 5.92 Å². The molecule has 106 valence electrons. The molecule has 1 saturated heterocycles. The SMILES string of the molecule is C=N/C(=C\C(=C)N1CC(CC(=O)OCC)C1)C(F)F. The summed E-state index contributed by atoms with van der Waals surface area (Å²) >= 11 is 0. The molecule has 0 saturated carbocycles. The van der Waals surface area contributed by atoms with Gasteiger partial charge in [0.2, 0.25) is 0 Å². The van der Waals surface area contributed by atoms with Gasteiger partial charge in [0, 0.05) is 24.7 Å². The molecule has 4 nitrogen and oxygen atoms in total. The van der Waals surface area contributed by atoms with Crippen molar-refractivity contribution < 1.29 is 18.3 Å². The summed E-state index contributed by atoms with van der Waals surface area (Å²) in [6.45, 7) is 10.2. The lowest BCUT2D eigenvalue weighted by molar-refractivity contribution is -0.145. The van der Waals surface area contributed by atoms with E-state index >= 15 is 0 Å². The molecule has 0 aromatic rings. The van der Waals surface area contributed by atoms with Crippen molar-refractivity contribution in [3.8, 4) is 0 Å². The third-order valence-corrected chi connectivity index (χ3v) is 2.84. The third kappa shape index (κ3) is 4.46. The van der Waals surface area contributed by atoms with E-state index in [0.29, 0.717) is 31.8 Å². The number of rotatable bonds is 7. The number of carbonyl (C=O) groups is 1. The number of aliphatic imine (C=N–C) groups is 1. The Labute approximate surface area is 111 Å². The standard InChI is InChI=1S/C13H18F2N2O2/c1-4-19-12(18)6-10-7-17(8-10)9(2)5-11(16-3)13(14)15/h5,10,13H,2-4,6-8H2,1H3/b11-5-. The number of halogens is 2. The van der Waals surface area contributed by atoms with Crippen LogP contribution in [0.2, 0.25) is 0 Å². The number of hydrogen-bond donors (Lipinski definition) is 0. The Balaban J connectivity index is 2.40. The minimum absolute atomic E-state index is 0.191. The molecule has 1 rings (SSSR count). The van der Waals surface area contributed by atoms with E-state index in [1.54, 1.807) is 6.92 Å². The van der Waals surface area contributed by atoms with Gasteiger partial charge in [0.1, 0.15) is 5.70 Å². The quantitative estimate of drug-likeness (QED) is 0.405. The molecule has 0 amide bonds. The first-order valence-electron chi connectivity index (χ1n) is 6.03. The molecule has 1 aliphatic heterocycles. The van der Waals surface area contributed by atoms with Gasteiger partial charge >= 0.3 is 5.97 Å². The zero-order valence-corrected chi connectivity index (χ0v) is 10.9. The van der Waals surface area contributed by atoms with Crippen molar-refractivity contribution >= 4 is 12.7 Å². The topological polar surface area (TPSA) is 41.9 Å². The first-order valence-corrected chi connectivity index (χ1v) is 6.03. The maximum atomic E-state index is 12.5. The van der Waals surface area contributed by atoms with Crippen LogP contribution in [-0.4, -0.2) is 43.7 Å². The zero-order chi connectivity index (χ0) is 14.4. The van der Waals surface area contributed by atoms with Crippen molar-refractivity contribution in [2.24, 2.45) is 10.9 Å². The lowest BCUT2D eigenvalue weighted by atomic mass is 9.95. The summed E-state index contributed by atoms with van der Waals surface area (Å²) in [4.78, 5) is 16.3. The van der Waals surface area contributed by atoms with Crippen LogP contribution in [0.3, 0.4) is 0 Å². The molecule has 0 bridgehead atoms. The first kappa shape index (κ1) is 15.3. The summed E-state index contributed by atoms with van der Waals surface area (Å²) in [5.74, 6) is -0.0368. The van der Waals surface area contributed by atoms with Gasteiger partial charge in [0.25, 0.3) is 6.43 Å². The molecule has 1 heterocycles. The van der Waals surface area contributed by atoms with Gasteiger partial charge in [0.15, 0.2) is 0 Å². The summed E-state index contributed by atoms with van der Waals surface area (Å²) in [7, 11) is 0. The molecule has 0 N–H and O–H groups in total. The van der Waals surface area contributed by atoms with Gasteiger partial charge in [-0.1, -0.05) is 6.58 Å². The van der Waals surface area contributed by atoms with Gasteiger partial charge in [-0.3, -0.25) is 9.79 Å². The number of alkyl halides is 2. The molecule has 19 heavy (non-hydrogen) atoms. The summed E-state index contributed by atoms with van der Waals surface area (Å²) in [6.07, 6.45) is -1.09. The lowest BCUT2D eigenvalue weighted by Crippen LogP contribution is -2.46. The minimum atomic E-state index is -2.66. The second kappa shape index (κ2) is 7.01. The molecule has 0 radical (unpaired) electrons. The summed E-state index contributed by atoms with van der Waals surface area (Å²) in [6, 6.07) is 0. The molecule has 0 spiro atoms. The summed E-state index contributed by atoms with van der Waals surface area (Å²) in [5.41, 5.74) is 0.0710. The highest BCUT2D eigenvalue weighted by Crippen LogP contribution is 2.25. The van der Waals surface area contributed by atoms with Crippen LogP contribution in [0.4, 0.5) is 8.78 Å². The Morgan fingerprint density at radius 1 is 1.58 bits per heavy atom. The molecule has 0 atom stereocenters. The summed E-state index contributed by atoms with van der Waals surface area (Å²) in [5, 5.41) is 0. The lowest BCUT2D eigenvalue weighted by Gasteiger charge is -2.41. The molecule has 0 aliphatic carbocycles. The maximum absolute atomic E-state index is 12.5. The number of likely N-dealkylation sites (tertiary alicyclic amines) is 1. The Hall–Kier alpha value is -1.72. The number of ether oxygens (including phenoxy) is 1. The van der Waals surface area contributed by atoms with Crippen molar-refractivity contribution in [2.45, 2.75) is 19.8 Å². The van der Waals surface area contributed by atoms with Gasteiger partial charge < -0.3 is 9.64 Å². The van der Waals surface area contributed by atoms with E-state index in [4.69, 9.17) is 4.74 Å². The largest absolute Gasteiger partial charge is 0.466 e. The van der Waals surface area contributed by atoms with Crippen LogP contribution >= 0.6 is 0 Å². The fourth-order valence-corrected chi connectivity index (χ4v) is 1.83. The van der Waals surface area contributed by atoms with Gasteiger partial charge in [-0.25, -0.2) is 8.78 Å². The monoisotopic (exact) mass is 272 g/mol. The van der Waals surface area contributed by atoms with Crippen LogP contribution in [0.5, 0.6) is 0 Å². The second-order valence-corrected chi connectivity index (χ2v) is 4.30. The van der Waals surface area contributed by atoms with E-state index in [1.165, 1.54) is 6.08 Å². The molecular weight excluding hydrogens is 254 g/mol. The van der Waals surface area contributed by atoms with E-state index in [0.717, 1.165) is 0 Å². The zero-order valence-electron chi connectivity index (χ0n) is 10.9. The summed E-state index contributed by atoms with van der Waals surface area (Å²) < 4.78 is 29.8. The number of esters is 1. The molecule has 6 heteroatoms. The second-order valence-electron chi connectivity index (χ2n) is 4.30. The van der Waals surface area contributed by atoms with E-state index in [9.17, 15) is 13.6 Å². The number of nitrogens with zero attached hydrogens (tertiary/aromatic N) is 2. The molecule has 1 fully saturated rings. The van der Waals surface area contributed by atoms with Gasteiger partial charge in [0.05, 0.1) is 13.0 Å². The normalized spacial score (nSPS) is 16.2. The predicted molar refractivity (Wildman–Crippen MR) is 69.1 cm³/mol. The number of hydrogen-bond acceptors (Lipinski definition) is 4. The smallest absolute Gasteiger partial charge is 0.306 e. The first-order chi connectivity index (χ1) is 8.97. The molecule has 0 aromatic carbocycles. The Kier molecular flexibility index (Phi) is 5.66. The van der Waals surface area contributed by atoms with E-state index in [1.807, 2.05) is 4.90 Å². The third-order valence-electron chi connectivity index (χ3n) is 2.84. The van der Waals surface area contributed by atoms with Crippen LogP contribution < -0.4 is 0 Å². The van der Waals surface area contributed by atoms with E-state index < -0.39 is 6.43 Å². The van der Waals surface area contributed by atoms with Crippen LogP contribution in [0.1, 0.15) is 13.3 Å². The molecule has 0 aromatic heterocycles. The predicted octanol–water partition coefficient (Wildman–Crippen LogP) is 2.23. The molecule has 1 aliphatic rings. The van der Waals surface area contributed by atoms with Crippen molar-refractivity contribution in [2.75, 3.05) is 19.7 Å². The van der Waals surface area contributed by atoms with Crippen molar-refractivity contribution in [3.05, 3.63) is 24.0 Å². The maximum Gasteiger partial charge on any atom is 0.306 e. The number of allylic oxidation sites excluding steroid dienone is 2. The highest BCUT2D eigenvalue weighted by molar-refractivity contribution is 5.69. The Morgan fingerprint density at radius 3 is 2.68 bits per heavy atom. The van der Waals surface area contributed by atoms with Gasteiger partial charge in [-0.05, 0) is 19.7 Å². The minimum Gasteiger partial charge on any atom is -0.466 e. The fourth-order valence-electron chi connectivity index (χ4n) is 1.83. The van der Waals surface area contributed by atoms with E-state index in [2.05, 4.69) is 18.3 Å². The molecular formula is C13H18F2N2O2. The van der Waals surface area contributed by atoms with E-state index in [-0.39, 0.29) is 17.6 Å². The van der Waals surface area contributed by atoms with Crippen LogP contribution in [-0.2, 0) is 9.53 Å².